The molecule has 0 fully saturated rings. The van der Waals surface area contributed by atoms with E-state index >= 15 is 0 Å². The number of hydrogen-bond acceptors (Lipinski definition) is 5. The van der Waals surface area contributed by atoms with Crippen molar-refractivity contribution in [2.75, 3.05) is 39.3 Å². The van der Waals surface area contributed by atoms with Gasteiger partial charge in [-0.2, -0.15) is 0 Å². The van der Waals surface area contributed by atoms with Gasteiger partial charge in [0.25, 0.3) is 0 Å². The SMILES string of the molecule is CCNC(=NCC(c1ccco1)N(CC)CC)NCCCOCc1ccco1. The number of likely N-dealkylation sites (N-methyl/N-ethyl adjacent to an activating group) is 1. The van der Waals surface area contributed by atoms with Crippen LogP contribution in [0.2, 0.25) is 0 Å². The summed E-state index contributed by atoms with van der Waals surface area (Å²) in [4.78, 5) is 7.14. The number of aliphatic imine (C=N–C) groups is 1. The zero-order valence-electron chi connectivity index (χ0n) is 17.3. The van der Waals surface area contributed by atoms with Gasteiger partial charge in [-0.3, -0.25) is 9.89 Å². The fourth-order valence-electron chi connectivity index (χ4n) is 3.00. The van der Waals surface area contributed by atoms with E-state index in [1.807, 2.05) is 24.3 Å². The summed E-state index contributed by atoms with van der Waals surface area (Å²) in [6, 6.07) is 7.88. The lowest BCUT2D eigenvalue weighted by atomic mass is 10.2. The molecule has 0 aliphatic rings. The van der Waals surface area contributed by atoms with Crippen molar-refractivity contribution in [1.82, 2.24) is 15.5 Å². The normalized spacial score (nSPS) is 13.1. The highest BCUT2D eigenvalue weighted by molar-refractivity contribution is 5.79. The maximum absolute atomic E-state index is 5.65. The van der Waals surface area contributed by atoms with Crippen molar-refractivity contribution < 1.29 is 13.6 Å². The minimum atomic E-state index is 0.136. The van der Waals surface area contributed by atoms with Crippen LogP contribution in [0.25, 0.3) is 0 Å². The van der Waals surface area contributed by atoms with Gasteiger partial charge in [-0.25, -0.2) is 0 Å². The standard InChI is InChI=1S/C21H34N4O3/c1-4-22-21(23-12-9-13-26-17-18-10-7-14-27-18)24-16-19(25(5-2)6-3)20-11-8-15-28-20/h7-8,10-11,14-15,19H,4-6,9,12-13,16-17H2,1-3H3,(H2,22,23,24). The Balaban J connectivity index is 1.80. The van der Waals surface area contributed by atoms with E-state index in [1.54, 1.807) is 12.5 Å². The van der Waals surface area contributed by atoms with Crippen molar-refractivity contribution in [2.45, 2.75) is 39.8 Å². The smallest absolute Gasteiger partial charge is 0.191 e. The van der Waals surface area contributed by atoms with Crippen molar-refractivity contribution in [3.63, 3.8) is 0 Å². The Morgan fingerprint density at radius 3 is 2.54 bits per heavy atom. The molecule has 1 unspecified atom stereocenters. The summed E-state index contributed by atoms with van der Waals surface area (Å²) in [5.74, 6) is 2.62. The van der Waals surface area contributed by atoms with Crippen LogP contribution in [0.1, 0.15) is 44.8 Å². The minimum absolute atomic E-state index is 0.136. The van der Waals surface area contributed by atoms with Gasteiger partial charge in [0.1, 0.15) is 18.1 Å². The zero-order valence-corrected chi connectivity index (χ0v) is 17.3. The molecule has 2 aromatic heterocycles. The van der Waals surface area contributed by atoms with Gasteiger partial charge in [-0.15, -0.1) is 0 Å². The number of ether oxygens (including phenoxy) is 1. The van der Waals surface area contributed by atoms with Crippen LogP contribution >= 0.6 is 0 Å². The first-order valence-electron chi connectivity index (χ1n) is 10.2. The monoisotopic (exact) mass is 390 g/mol. The van der Waals surface area contributed by atoms with Gasteiger partial charge in [-0.1, -0.05) is 13.8 Å². The number of guanidine groups is 1. The molecule has 0 aliphatic heterocycles. The molecule has 28 heavy (non-hydrogen) atoms. The van der Waals surface area contributed by atoms with E-state index in [-0.39, 0.29) is 6.04 Å². The Morgan fingerprint density at radius 1 is 1.11 bits per heavy atom. The summed E-state index contributed by atoms with van der Waals surface area (Å²) < 4.78 is 16.5. The average Bonchev–Trinajstić information content (AvgIpc) is 3.41. The molecule has 0 saturated carbocycles. The highest BCUT2D eigenvalue weighted by atomic mass is 16.5. The summed E-state index contributed by atoms with van der Waals surface area (Å²) in [6.07, 6.45) is 4.28. The Morgan fingerprint density at radius 2 is 1.89 bits per heavy atom. The molecule has 0 radical (unpaired) electrons. The van der Waals surface area contributed by atoms with Gasteiger partial charge >= 0.3 is 0 Å². The lowest BCUT2D eigenvalue weighted by Crippen LogP contribution is -2.39. The van der Waals surface area contributed by atoms with E-state index in [1.165, 1.54) is 0 Å². The molecule has 0 spiro atoms. The molecule has 2 aromatic rings. The first kappa shape index (κ1) is 22.0. The summed E-state index contributed by atoms with van der Waals surface area (Å²) in [7, 11) is 0. The molecule has 7 nitrogen and oxygen atoms in total. The van der Waals surface area contributed by atoms with Gasteiger partial charge in [0, 0.05) is 19.7 Å². The Kier molecular flexibility index (Phi) is 10.2. The molecule has 2 N–H and O–H groups in total. The predicted molar refractivity (Wildman–Crippen MR) is 111 cm³/mol. The highest BCUT2D eigenvalue weighted by Crippen LogP contribution is 2.21. The van der Waals surface area contributed by atoms with Gasteiger partial charge in [0.2, 0.25) is 0 Å². The third-order valence-electron chi connectivity index (χ3n) is 4.47. The van der Waals surface area contributed by atoms with Crippen LogP contribution < -0.4 is 10.6 Å². The molecule has 2 rings (SSSR count). The highest BCUT2D eigenvalue weighted by Gasteiger charge is 2.20. The van der Waals surface area contributed by atoms with Crippen molar-refractivity contribution in [3.05, 3.63) is 48.3 Å². The largest absolute Gasteiger partial charge is 0.468 e. The molecule has 0 aromatic carbocycles. The predicted octanol–water partition coefficient (Wildman–Crippen LogP) is 3.42. The fraction of sp³-hybridized carbons (Fsp3) is 0.571. The Bertz CT molecular complexity index is 637. The van der Waals surface area contributed by atoms with E-state index in [2.05, 4.69) is 36.3 Å². The molecule has 0 bridgehead atoms. The number of hydrogen-bond donors (Lipinski definition) is 2. The summed E-state index contributed by atoms with van der Waals surface area (Å²) in [5.41, 5.74) is 0. The third kappa shape index (κ3) is 7.40. The molecular formula is C21H34N4O3. The average molecular weight is 391 g/mol. The van der Waals surface area contributed by atoms with Crippen LogP contribution in [-0.4, -0.2) is 50.2 Å². The molecule has 2 heterocycles. The summed E-state index contributed by atoms with van der Waals surface area (Å²) >= 11 is 0. The molecule has 156 valence electrons. The topological polar surface area (TPSA) is 75.2 Å². The van der Waals surface area contributed by atoms with Crippen LogP contribution in [0.5, 0.6) is 0 Å². The second-order valence-electron chi connectivity index (χ2n) is 6.38. The summed E-state index contributed by atoms with van der Waals surface area (Å²) in [5, 5.41) is 6.68. The molecular weight excluding hydrogens is 356 g/mol. The fourth-order valence-corrected chi connectivity index (χ4v) is 3.00. The first-order chi connectivity index (χ1) is 13.8. The maximum Gasteiger partial charge on any atom is 0.191 e. The lowest BCUT2D eigenvalue weighted by molar-refractivity contribution is 0.105. The van der Waals surface area contributed by atoms with Gasteiger partial charge in [0.05, 0.1) is 25.1 Å². The number of rotatable bonds is 13. The maximum atomic E-state index is 5.65. The molecule has 0 aliphatic carbocycles. The number of furan rings is 2. The van der Waals surface area contributed by atoms with Crippen LogP contribution in [0.15, 0.2) is 50.6 Å². The quantitative estimate of drug-likeness (QED) is 0.310. The Labute approximate surface area is 168 Å². The number of nitrogens with zero attached hydrogens (tertiary/aromatic N) is 2. The molecule has 0 amide bonds. The summed E-state index contributed by atoms with van der Waals surface area (Å²) in [6.45, 7) is 11.7. The van der Waals surface area contributed by atoms with E-state index < -0.39 is 0 Å². The molecule has 1 atom stereocenters. The lowest BCUT2D eigenvalue weighted by Gasteiger charge is -2.27. The van der Waals surface area contributed by atoms with E-state index in [4.69, 9.17) is 18.6 Å². The van der Waals surface area contributed by atoms with Crippen molar-refractivity contribution in [3.8, 4) is 0 Å². The van der Waals surface area contributed by atoms with Crippen molar-refractivity contribution >= 4 is 5.96 Å². The van der Waals surface area contributed by atoms with Gasteiger partial charge in [-0.05, 0) is 50.7 Å². The van der Waals surface area contributed by atoms with Crippen molar-refractivity contribution in [2.24, 2.45) is 4.99 Å². The molecule has 7 heteroatoms. The Hall–Kier alpha value is -2.25. The van der Waals surface area contributed by atoms with Crippen LogP contribution in [0.4, 0.5) is 0 Å². The zero-order chi connectivity index (χ0) is 20.0. The van der Waals surface area contributed by atoms with Gasteiger partial charge in [0.15, 0.2) is 5.96 Å². The van der Waals surface area contributed by atoms with E-state index in [0.29, 0.717) is 19.8 Å². The first-order valence-corrected chi connectivity index (χ1v) is 10.2. The second kappa shape index (κ2) is 13.0. The minimum Gasteiger partial charge on any atom is -0.468 e. The second-order valence-corrected chi connectivity index (χ2v) is 6.38. The molecule has 0 saturated heterocycles. The van der Waals surface area contributed by atoms with E-state index in [0.717, 1.165) is 50.1 Å². The van der Waals surface area contributed by atoms with E-state index in [9.17, 15) is 0 Å². The number of nitrogens with one attached hydrogen (secondary N) is 2. The van der Waals surface area contributed by atoms with Crippen LogP contribution in [0.3, 0.4) is 0 Å². The van der Waals surface area contributed by atoms with Gasteiger partial charge < -0.3 is 24.2 Å². The third-order valence-corrected chi connectivity index (χ3v) is 4.47. The van der Waals surface area contributed by atoms with Crippen LogP contribution in [-0.2, 0) is 11.3 Å². The van der Waals surface area contributed by atoms with Crippen molar-refractivity contribution in [1.29, 1.82) is 0 Å². The van der Waals surface area contributed by atoms with Crippen LogP contribution in [0, 0.1) is 0 Å².